The Labute approximate surface area is 220 Å². The Morgan fingerprint density at radius 2 is 2.00 bits per heavy atom. The quantitative estimate of drug-likeness (QED) is 0.151. The Hall–Kier alpha value is -2.45. The highest BCUT2D eigenvalue weighted by Crippen LogP contribution is 2.33. The summed E-state index contributed by atoms with van der Waals surface area (Å²) in [5, 5.41) is 10.1. The highest BCUT2D eigenvalue weighted by Gasteiger charge is 2.42. The summed E-state index contributed by atoms with van der Waals surface area (Å²) in [4.78, 5) is 69.8. The molecule has 3 aliphatic heterocycles. The molecular weight excluding hydrogens is 526 g/mol. The lowest BCUT2D eigenvalue weighted by atomic mass is 10.0. The molecule has 4 rings (SSSR count). The molecule has 14 heteroatoms. The van der Waals surface area contributed by atoms with E-state index in [4.69, 9.17) is 4.84 Å². The van der Waals surface area contributed by atoms with E-state index in [0.717, 1.165) is 23.6 Å². The molecule has 0 radical (unpaired) electrons. The maximum Gasteiger partial charge on any atom is 0.356 e. The van der Waals surface area contributed by atoms with Crippen molar-refractivity contribution in [3.63, 3.8) is 0 Å². The zero-order valence-electron chi connectivity index (χ0n) is 19.3. The van der Waals surface area contributed by atoms with Crippen molar-refractivity contribution in [1.29, 1.82) is 0 Å². The predicted molar refractivity (Wildman–Crippen MR) is 136 cm³/mol. The van der Waals surface area contributed by atoms with E-state index in [-0.39, 0.29) is 49.0 Å². The van der Waals surface area contributed by atoms with Crippen molar-refractivity contribution in [1.82, 2.24) is 26.0 Å². The third kappa shape index (κ3) is 7.07. The van der Waals surface area contributed by atoms with E-state index >= 15 is 0 Å². The number of carbonyl (C=O) groups is 5. The Balaban J connectivity index is 1.24. The summed E-state index contributed by atoms with van der Waals surface area (Å²) in [7, 11) is 2.65. The molecule has 1 aromatic heterocycles. The molecule has 0 spiro atoms. The van der Waals surface area contributed by atoms with Crippen molar-refractivity contribution in [2.75, 3.05) is 11.5 Å². The number of unbranched alkanes of at least 4 members (excludes halogenated alkanes) is 1. The van der Waals surface area contributed by atoms with Gasteiger partial charge in [-0.15, -0.1) is 5.06 Å². The van der Waals surface area contributed by atoms with Gasteiger partial charge in [-0.2, -0.15) is 11.8 Å². The number of aromatic nitrogens is 1. The summed E-state index contributed by atoms with van der Waals surface area (Å²) in [5.41, 5.74) is 0. The molecule has 4 atom stereocenters. The van der Waals surface area contributed by atoms with E-state index in [0.29, 0.717) is 16.7 Å². The average Bonchev–Trinajstić information content (AvgIpc) is 3.52. The maximum atomic E-state index is 12.7. The van der Waals surface area contributed by atoms with Gasteiger partial charge in [0.25, 0.3) is 11.8 Å². The van der Waals surface area contributed by atoms with Crippen LogP contribution in [0.25, 0.3) is 0 Å². The van der Waals surface area contributed by atoms with Crippen LogP contribution in [0, 0.1) is 0 Å². The number of hydrogen-bond acceptors (Lipinski definition) is 10. The van der Waals surface area contributed by atoms with Crippen molar-refractivity contribution in [2.45, 2.75) is 66.9 Å². The minimum Gasteiger partial charge on any atom is -0.342 e. The minimum atomic E-state index is -1.04. The molecule has 4 heterocycles. The highest BCUT2D eigenvalue weighted by molar-refractivity contribution is 8.76. The number of thioether (sulfide) groups is 1. The van der Waals surface area contributed by atoms with Crippen molar-refractivity contribution in [3.05, 3.63) is 24.4 Å². The molecular formula is C22H27N5O6S3. The van der Waals surface area contributed by atoms with E-state index in [1.54, 1.807) is 12.3 Å². The summed E-state index contributed by atoms with van der Waals surface area (Å²) < 4.78 is 0. The third-order valence-corrected chi connectivity index (χ3v) is 9.69. The van der Waals surface area contributed by atoms with Gasteiger partial charge in [0.15, 0.2) is 0 Å². The van der Waals surface area contributed by atoms with E-state index < -0.39 is 23.8 Å². The fourth-order valence-electron chi connectivity index (χ4n) is 4.08. The molecule has 36 heavy (non-hydrogen) atoms. The summed E-state index contributed by atoms with van der Waals surface area (Å²) in [6, 6.07) is 4.59. The van der Waals surface area contributed by atoms with Gasteiger partial charge in [-0.05, 0) is 35.8 Å². The van der Waals surface area contributed by atoms with E-state index in [9.17, 15) is 24.0 Å². The lowest BCUT2D eigenvalue weighted by molar-refractivity contribution is -0.198. The highest BCUT2D eigenvalue weighted by atomic mass is 33.1. The van der Waals surface area contributed by atoms with Gasteiger partial charge in [0.05, 0.1) is 12.1 Å². The summed E-state index contributed by atoms with van der Waals surface area (Å²) >= 11 is 1.82. The van der Waals surface area contributed by atoms with Crippen molar-refractivity contribution in [2.24, 2.45) is 0 Å². The number of hydroxylamine groups is 2. The van der Waals surface area contributed by atoms with Gasteiger partial charge in [0.2, 0.25) is 5.91 Å². The lowest BCUT2D eigenvalue weighted by Crippen LogP contribution is -2.46. The van der Waals surface area contributed by atoms with Crippen LogP contribution in [0.5, 0.6) is 0 Å². The Morgan fingerprint density at radius 1 is 1.19 bits per heavy atom. The number of rotatable bonds is 12. The number of pyridine rings is 1. The molecule has 1 aromatic rings. The monoisotopic (exact) mass is 553 g/mol. The molecule has 3 N–H and O–H groups in total. The molecule has 3 aliphatic rings. The van der Waals surface area contributed by atoms with Gasteiger partial charge in [-0.1, -0.05) is 23.3 Å². The minimum absolute atomic E-state index is 0.00591. The fourth-order valence-corrected chi connectivity index (χ4v) is 7.68. The average molecular weight is 554 g/mol. The number of hydrogen-bond donors (Lipinski definition) is 3. The van der Waals surface area contributed by atoms with Crippen LogP contribution >= 0.6 is 33.3 Å². The number of nitrogens with zero attached hydrogens (tertiary/aromatic N) is 2. The molecule has 3 saturated heterocycles. The number of nitrogens with one attached hydrogen (secondary N) is 3. The number of carbonyl (C=O) groups excluding carboxylic acids is 5. The van der Waals surface area contributed by atoms with E-state index in [2.05, 4.69) is 20.9 Å². The second-order valence-electron chi connectivity index (χ2n) is 8.52. The number of urea groups is 1. The largest absolute Gasteiger partial charge is 0.356 e. The van der Waals surface area contributed by atoms with Crippen LogP contribution in [0.3, 0.4) is 0 Å². The van der Waals surface area contributed by atoms with Gasteiger partial charge < -0.3 is 20.8 Å². The molecule has 4 unspecified atom stereocenters. The topological polar surface area (TPSA) is 147 Å². The van der Waals surface area contributed by atoms with Crippen LogP contribution in [-0.2, 0) is 24.0 Å². The first kappa shape index (κ1) is 26.6. The zero-order chi connectivity index (χ0) is 25.5. The maximum absolute atomic E-state index is 12.7. The molecule has 3 fully saturated rings. The fraction of sp³-hybridized carbons (Fsp3) is 0.545. The van der Waals surface area contributed by atoms with Crippen LogP contribution in [0.2, 0.25) is 0 Å². The summed E-state index contributed by atoms with van der Waals surface area (Å²) in [6.07, 6.45) is 4.18. The van der Waals surface area contributed by atoms with Gasteiger partial charge in [-0.3, -0.25) is 14.4 Å². The van der Waals surface area contributed by atoms with Crippen molar-refractivity contribution >= 4 is 63.1 Å². The molecule has 0 saturated carbocycles. The van der Waals surface area contributed by atoms with E-state index in [1.165, 1.54) is 21.6 Å². The predicted octanol–water partition coefficient (Wildman–Crippen LogP) is 1.64. The molecule has 0 aliphatic carbocycles. The van der Waals surface area contributed by atoms with Crippen LogP contribution in [0.1, 0.15) is 38.5 Å². The molecule has 0 bridgehead atoms. The third-order valence-electron chi connectivity index (χ3n) is 5.90. The van der Waals surface area contributed by atoms with Crippen LogP contribution in [0.4, 0.5) is 4.79 Å². The van der Waals surface area contributed by atoms with Crippen LogP contribution < -0.4 is 16.0 Å². The Kier molecular flexibility index (Phi) is 9.37. The van der Waals surface area contributed by atoms with Gasteiger partial charge in [0, 0.05) is 42.2 Å². The number of imide groups is 1. The van der Waals surface area contributed by atoms with Crippen molar-refractivity contribution in [3.8, 4) is 0 Å². The van der Waals surface area contributed by atoms with Crippen molar-refractivity contribution < 1.29 is 28.8 Å². The first-order valence-electron chi connectivity index (χ1n) is 11.7. The van der Waals surface area contributed by atoms with Gasteiger partial charge in [0.1, 0.15) is 11.1 Å². The Bertz CT molecular complexity index is 984. The zero-order valence-corrected chi connectivity index (χ0v) is 21.8. The first-order valence-corrected chi connectivity index (χ1v) is 15.0. The number of fused-ring (bicyclic) bond motifs is 1. The van der Waals surface area contributed by atoms with Crippen LogP contribution in [-0.4, -0.2) is 74.7 Å². The molecule has 0 aromatic carbocycles. The molecule has 194 valence electrons. The Morgan fingerprint density at radius 3 is 2.75 bits per heavy atom. The summed E-state index contributed by atoms with van der Waals surface area (Å²) in [5.74, 6) is -1.28. The van der Waals surface area contributed by atoms with Gasteiger partial charge in [-0.25, -0.2) is 14.6 Å². The van der Waals surface area contributed by atoms with Gasteiger partial charge >= 0.3 is 12.0 Å². The second-order valence-corrected chi connectivity index (χ2v) is 12.1. The first-order chi connectivity index (χ1) is 17.4. The molecule has 11 nitrogen and oxygen atoms in total. The van der Waals surface area contributed by atoms with Crippen LogP contribution in [0.15, 0.2) is 29.4 Å². The standard InChI is InChI=1S/C22H27N5O6S3/c28-16(6-2-1-5-15-20-13(11-34-15)25-22(32)26-20)24-14(12-35-36-17-7-3-4-10-23-17)21(31)33-27-18(29)8-9-19(27)30/h3-4,7,10,13-15,20H,1-2,5-6,8-9,11-12H2,(H,24,28)(H2,25,26,32). The summed E-state index contributed by atoms with van der Waals surface area (Å²) in [6.45, 7) is 0. The normalized spacial score (nSPS) is 23.7. The number of amides is 5. The second kappa shape index (κ2) is 12.7. The smallest absolute Gasteiger partial charge is 0.342 e. The lowest BCUT2D eigenvalue weighted by Gasteiger charge is -2.20. The molecule has 5 amide bonds. The SMILES string of the molecule is O=C(CCCCC1SCC2NC(=O)NC21)NC(CSSc1ccccn1)C(=O)ON1C(=O)CCC1=O. The van der Waals surface area contributed by atoms with E-state index in [1.807, 2.05) is 23.9 Å².